The molecule has 1 saturated carbocycles. The Morgan fingerprint density at radius 2 is 1.88 bits per heavy atom. The molecular formula is C14H27NO2. The van der Waals surface area contributed by atoms with Crippen molar-refractivity contribution in [2.75, 3.05) is 0 Å². The van der Waals surface area contributed by atoms with Crippen LogP contribution in [0.4, 0.5) is 0 Å². The Labute approximate surface area is 105 Å². The fourth-order valence-electron chi connectivity index (χ4n) is 2.76. The highest BCUT2D eigenvalue weighted by molar-refractivity contribution is 5.72. The number of carbonyl (C=O) groups is 1. The summed E-state index contributed by atoms with van der Waals surface area (Å²) in [6.45, 7) is 8.66. The monoisotopic (exact) mass is 241 g/mol. The molecule has 0 amide bonds. The molecular weight excluding hydrogens is 214 g/mol. The van der Waals surface area contributed by atoms with Gasteiger partial charge < -0.3 is 10.4 Å². The van der Waals surface area contributed by atoms with Gasteiger partial charge in [-0.2, -0.15) is 0 Å². The van der Waals surface area contributed by atoms with Crippen LogP contribution in [0.2, 0.25) is 0 Å². The molecule has 0 heterocycles. The van der Waals surface area contributed by atoms with Crippen LogP contribution >= 0.6 is 0 Å². The van der Waals surface area contributed by atoms with Crippen LogP contribution in [0.25, 0.3) is 0 Å². The van der Waals surface area contributed by atoms with Gasteiger partial charge in [-0.3, -0.25) is 4.79 Å². The fraction of sp³-hybridized carbons (Fsp3) is 0.929. The zero-order valence-electron chi connectivity index (χ0n) is 11.6. The number of carboxylic acids is 1. The van der Waals surface area contributed by atoms with E-state index in [-0.39, 0.29) is 0 Å². The summed E-state index contributed by atoms with van der Waals surface area (Å²) in [6, 6.07) is -0.0420. The highest BCUT2D eigenvalue weighted by atomic mass is 16.4. The van der Waals surface area contributed by atoms with E-state index in [0.717, 1.165) is 18.8 Å². The predicted molar refractivity (Wildman–Crippen MR) is 70.1 cm³/mol. The first-order valence-electron chi connectivity index (χ1n) is 6.79. The van der Waals surface area contributed by atoms with E-state index >= 15 is 0 Å². The van der Waals surface area contributed by atoms with Crippen molar-refractivity contribution in [3.8, 4) is 0 Å². The van der Waals surface area contributed by atoms with Crippen LogP contribution in [0.15, 0.2) is 0 Å². The number of rotatable bonds is 3. The van der Waals surface area contributed by atoms with Crippen LogP contribution in [0, 0.1) is 11.3 Å². The predicted octanol–water partition coefficient (Wildman–Crippen LogP) is 3.04. The zero-order chi connectivity index (χ0) is 13.1. The number of carboxylic acid groups (broad SMARTS) is 1. The van der Waals surface area contributed by atoms with Gasteiger partial charge in [0.05, 0.1) is 0 Å². The molecule has 100 valence electrons. The lowest BCUT2D eigenvalue weighted by Crippen LogP contribution is -2.41. The normalized spacial score (nSPS) is 28.5. The molecule has 0 aromatic carbocycles. The second-order valence-electron chi connectivity index (χ2n) is 6.49. The molecule has 2 unspecified atom stereocenters. The van der Waals surface area contributed by atoms with Gasteiger partial charge in [0.2, 0.25) is 0 Å². The Hall–Kier alpha value is -0.570. The zero-order valence-corrected chi connectivity index (χ0v) is 11.6. The molecule has 1 aliphatic carbocycles. The van der Waals surface area contributed by atoms with E-state index in [4.69, 9.17) is 5.11 Å². The summed E-state index contributed by atoms with van der Waals surface area (Å²) in [5.41, 5.74) is 0.382. The molecule has 3 atom stereocenters. The highest BCUT2D eigenvalue weighted by Crippen LogP contribution is 2.36. The van der Waals surface area contributed by atoms with Crippen LogP contribution in [0.1, 0.15) is 59.8 Å². The summed E-state index contributed by atoms with van der Waals surface area (Å²) in [5.74, 6) is 0.0241. The largest absolute Gasteiger partial charge is 0.480 e. The minimum atomic E-state index is -0.749. The first-order chi connectivity index (χ1) is 7.80. The maximum atomic E-state index is 10.8. The Kier molecular flexibility index (Phi) is 4.99. The standard InChI is InChI=1S/C14H27NO2/c1-10(13(16)17)15-12-7-5-6-11(8-9-12)14(2,3)4/h10-12,15H,5-9H2,1-4H3,(H,16,17)/t10-,11?,12?/m0/s1. The molecule has 1 fully saturated rings. The second kappa shape index (κ2) is 5.85. The van der Waals surface area contributed by atoms with Gasteiger partial charge in [-0.25, -0.2) is 0 Å². The Bertz CT molecular complexity index is 257. The number of aliphatic carboxylic acids is 1. The molecule has 0 aromatic rings. The molecule has 3 nitrogen and oxygen atoms in total. The van der Waals surface area contributed by atoms with Crippen LogP contribution in [0.5, 0.6) is 0 Å². The molecule has 1 rings (SSSR count). The third-order valence-electron chi connectivity index (χ3n) is 4.05. The Balaban J connectivity index is 2.45. The average molecular weight is 241 g/mol. The summed E-state index contributed by atoms with van der Waals surface area (Å²) in [6.07, 6.45) is 5.94. The third-order valence-corrected chi connectivity index (χ3v) is 4.05. The second-order valence-corrected chi connectivity index (χ2v) is 6.49. The maximum Gasteiger partial charge on any atom is 0.320 e. The third kappa shape index (κ3) is 4.66. The van der Waals surface area contributed by atoms with E-state index in [1.165, 1.54) is 19.3 Å². The topological polar surface area (TPSA) is 49.3 Å². The van der Waals surface area contributed by atoms with Gasteiger partial charge in [0, 0.05) is 6.04 Å². The van der Waals surface area contributed by atoms with E-state index in [9.17, 15) is 4.79 Å². The van der Waals surface area contributed by atoms with Crippen molar-refractivity contribution in [1.82, 2.24) is 5.32 Å². The molecule has 0 bridgehead atoms. The minimum Gasteiger partial charge on any atom is -0.480 e. The van der Waals surface area contributed by atoms with Gasteiger partial charge in [0.1, 0.15) is 6.04 Å². The summed E-state index contributed by atoms with van der Waals surface area (Å²) in [5, 5.41) is 12.1. The lowest BCUT2D eigenvalue weighted by molar-refractivity contribution is -0.139. The van der Waals surface area contributed by atoms with E-state index in [1.807, 2.05) is 0 Å². The molecule has 3 heteroatoms. The summed E-state index contributed by atoms with van der Waals surface area (Å²) in [4.78, 5) is 10.8. The smallest absolute Gasteiger partial charge is 0.320 e. The number of hydrogen-bond acceptors (Lipinski definition) is 2. The first kappa shape index (κ1) is 14.5. The average Bonchev–Trinajstić information content (AvgIpc) is 2.42. The van der Waals surface area contributed by atoms with Crippen molar-refractivity contribution >= 4 is 5.97 Å². The van der Waals surface area contributed by atoms with Crippen LogP contribution in [-0.4, -0.2) is 23.2 Å². The van der Waals surface area contributed by atoms with Gasteiger partial charge in [-0.15, -0.1) is 0 Å². The molecule has 0 aromatic heterocycles. The fourth-order valence-corrected chi connectivity index (χ4v) is 2.76. The van der Waals surface area contributed by atoms with Gasteiger partial charge in [-0.05, 0) is 43.9 Å². The quantitative estimate of drug-likeness (QED) is 0.747. The van der Waals surface area contributed by atoms with Crippen LogP contribution < -0.4 is 5.32 Å². The van der Waals surface area contributed by atoms with Gasteiger partial charge in [0.25, 0.3) is 0 Å². The molecule has 17 heavy (non-hydrogen) atoms. The van der Waals surface area contributed by atoms with Crippen molar-refractivity contribution in [2.24, 2.45) is 11.3 Å². The lowest BCUT2D eigenvalue weighted by atomic mass is 9.76. The van der Waals surface area contributed by atoms with Gasteiger partial charge in [-0.1, -0.05) is 27.2 Å². The van der Waals surface area contributed by atoms with Crippen molar-refractivity contribution in [3.05, 3.63) is 0 Å². The molecule has 1 aliphatic rings. The molecule has 0 spiro atoms. The molecule has 2 N–H and O–H groups in total. The summed E-state index contributed by atoms with van der Waals surface area (Å²) < 4.78 is 0. The van der Waals surface area contributed by atoms with E-state index in [1.54, 1.807) is 6.92 Å². The molecule has 0 radical (unpaired) electrons. The Morgan fingerprint density at radius 1 is 1.24 bits per heavy atom. The van der Waals surface area contributed by atoms with Crippen molar-refractivity contribution < 1.29 is 9.90 Å². The SMILES string of the molecule is C[C@H](NC1CCCC(C(C)(C)C)CC1)C(=O)O. The van der Waals surface area contributed by atoms with E-state index < -0.39 is 12.0 Å². The lowest BCUT2D eigenvalue weighted by Gasteiger charge is -2.29. The highest BCUT2D eigenvalue weighted by Gasteiger charge is 2.28. The summed E-state index contributed by atoms with van der Waals surface area (Å²) in [7, 11) is 0. The first-order valence-corrected chi connectivity index (χ1v) is 6.79. The van der Waals surface area contributed by atoms with Crippen molar-refractivity contribution in [3.63, 3.8) is 0 Å². The van der Waals surface area contributed by atoms with Gasteiger partial charge in [0.15, 0.2) is 0 Å². The molecule has 0 aliphatic heterocycles. The van der Waals surface area contributed by atoms with E-state index in [0.29, 0.717) is 11.5 Å². The molecule has 0 saturated heterocycles. The number of hydrogen-bond donors (Lipinski definition) is 2. The summed E-state index contributed by atoms with van der Waals surface area (Å²) >= 11 is 0. The van der Waals surface area contributed by atoms with Crippen LogP contribution in [-0.2, 0) is 4.79 Å². The maximum absolute atomic E-state index is 10.8. The van der Waals surface area contributed by atoms with Crippen molar-refractivity contribution in [1.29, 1.82) is 0 Å². The van der Waals surface area contributed by atoms with Gasteiger partial charge >= 0.3 is 5.97 Å². The van der Waals surface area contributed by atoms with E-state index in [2.05, 4.69) is 26.1 Å². The minimum absolute atomic E-state index is 0.382. The van der Waals surface area contributed by atoms with Crippen LogP contribution in [0.3, 0.4) is 0 Å². The Morgan fingerprint density at radius 3 is 2.41 bits per heavy atom. The number of nitrogens with one attached hydrogen (secondary N) is 1. The van der Waals surface area contributed by atoms with Crippen molar-refractivity contribution in [2.45, 2.75) is 71.9 Å².